The van der Waals surface area contributed by atoms with Crippen LogP contribution < -0.4 is 4.90 Å². The second-order valence-corrected chi connectivity index (χ2v) is 9.05. The first-order valence-corrected chi connectivity index (χ1v) is 12.1. The van der Waals surface area contributed by atoms with E-state index in [0.29, 0.717) is 5.69 Å². The highest BCUT2D eigenvalue weighted by Gasteiger charge is 2.33. The lowest BCUT2D eigenvalue weighted by molar-refractivity contribution is 0.0592. The largest absolute Gasteiger partial charge is 0.352 e. The minimum atomic E-state index is -0.109. The van der Waals surface area contributed by atoms with Crippen molar-refractivity contribution in [2.75, 3.05) is 18.0 Å². The monoisotopic (exact) mass is 444 g/mol. The number of likely N-dealkylation sites (tertiary alicyclic amines) is 1. The second kappa shape index (κ2) is 9.33. The summed E-state index contributed by atoms with van der Waals surface area (Å²) in [4.78, 5) is 27.8. The molecular weight excluding hydrogens is 412 g/mol. The molecule has 5 rings (SSSR count). The highest BCUT2D eigenvalue weighted by Crippen LogP contribution is 2.34. The van der Waals surface area contributed by atoms with Crippen LogP contribution in [0, 0.1) is 6.92 Å². The molecule has 3 aromatic rings. The summed E-state index contributed by atoms with van der Waals surface area (Å²) in [7, 11) is 0. The van der Waals surface area contributed by atoms with E-state index in [4.69, 9.17) is 9.97 Å². The van der Waals surface area contributed by atoms with Gasteiger partial charge in [0, 0.05) is 43.6 Å². The number of amides is 1. The molecule has 1 fully saturated rings. The molecule has 1 aromatic carbocycles. The van der Waals surface area contributed by atoms with E-state index in [-0.39, 0.29) is 11.9 Å². The average molecular weight is 445 g/mol. The number of carbonyl (C=O) groups is 1. The van der Waals surface area contributed by atoms with Gasteiger partial charge in [0.05, 0.1) is 6.04 Å². The van der Waals surface area contributed by atoms with Crippen LogP contribution in [0.4, 0.5) is 5.82 Å². The van der Waals surface area contributed by atoms with Gasteiger partial charge in [-0.2, -0.15) is 5.10 Å². The number of aryl methyl sites for hydroxylation is 2. The number of benzene rings is 1. The fourth-order valence-electron chi connectivity index (χ4n) is 5.06. The summed E-state index contributed by atoms with van der Waals surface area (Å²) in [6.07, 6.45) is 6.95. The van der Waals surface area contributed by atoms with Crippen molar-refractivity contribution in [2.45, 2.75) is 65.1 Å². The smallest absolute Gasteiger partial charge is 0.274 e. The first kappa shape index (κ1) is 21.6. The summed E-state index contributed by atoms with van der Waals surface area (Å²) in [5, 5.41) is 4.46. The minimum Gasteiger partial charge on any atom is -0.352 e. The zero-order valence-corrected chi connectivity index (χ0v) is 19.6. The molecule has 7 nitrogen and oxygen atoms in total. The normalized spacial score (nSPS) is 18.3. The number of piperidine rings is 1. The molecule has 7 heteroatoms. The fourth-order valence-corrected chi connectivity index (χ4v) is 5.06. The van der Waals surface area contributed by atoms with Crippen molar-refractivity contribution in [3.63, 3.8) is 0 Å². The van der Waals surface area contributed by atoms with Crippen molar-refractivity contribution < 1.29 is 4.79 Å². The number of fused-ring (bicyclic) bond motifs is 1. The molecular formula is C26H32N6O. The number of carbonyl (C=O) groups excluding carboxylic acids is 1. The van der Waals surface area contributed by atoms with Gasteiger partial charge >= 0.3 is 0 Å². The number of nitrogens with zero attached hydrogens (tertiary/aromatic N) is 6. The summed E-state index contributed by atoms with van der Waals surface area (Å²) in [6.45, 7) is 7.41. The first-order valence-electron chi connectivity index (χ1n) is 12.1. The average Bonchev–Trinajstić information content (AvgIpc) is 3.34. The SMILES string of the molecule is CCn1ccc(C(=O)N2CCCC[C@H]2c2nc(C)c3c(n2)N(Cc2ccccc2)CCC3)n1. The van der Waals surface area contributed by atoms with Crippen LogP contribution in [0.5, 0.6) is 0 Å². The van der Waals surface area contributed by atoms with E-state index in [9.17, 15) is 4.79 Å². The first-order chi connectivity index (χ1) is 16.1. The van der Waals surface area contributed by atoms with E-state index in [1.807, 2.05) is 24.1 Å². The van der Waals surface area contributed by atoms with Gasteiger partial charge in [-0.25, -0.2) is 9.97 Å². The van der Waals surface area contributed by atoms with Crippen molar-refractivity contribution in [3.8, 4) is 0 Å². The lowest BCUT2D eigenvalue weighted by Crippen LogP contribution is -2.40. The van der Waals surface area contributed by atoms with Crippen molar-refractivity contribution in [1.29, 1.82) is 0 Å². The van der Waals surface area contributed by atoms with E-state index >= 15 is 0 Å². The van der Waals surface area contributed by atoms with Gasteiger partial charge in [-0.05, 0) is 57.6 Å². The molecule has 1 saturated heterocycles. The van der Waals surface area contributed by atoms with Crippen LogP contribution in [0.15, 0.2) is 42.6 Å². The van der Waals surface area contributed by atoms with Gasteiger partial charge in [-0.15, -0.1) is 0 Å². The van der Waals surface area contributed by atoms with Gasteiger partial charge in [0.2, 0.25) is 0 Å². The standard InChI is InChI=1S/C26H32N6O/c1-3-31-17-14-22(29-31)26(33)32-16-8-7-13-23(32)24-27-19(2)21-12-9-15-30(25(21)28-24)18-20-10-5-4-6-11-20/h4-6,10-11,14,17,23H,3,7-9,12-13,15-16,18H2,1-2H3/t23-/m0/s1. The topological polar surface area (TPSA) is 67.2 Å². The number of hydrogen-bond acceptors (Lipinski definition) is 5. The maximum atomic E-state index is 13.4. The molecule has 2 aliphatic rings. The number of hydrogen-bond donors (Lipinski definition) is 0. The summed E-state index contributed by atoms with van der Waals surface area (Å²) in [5.74, 6) is 1.79. The van der Waals surface area contributed by atoms with Gasteiger partial charge in [0.15, 0.2) is 5.82 Å². The molecule has 0 saturated carbocycles. The fraction of sp³-hybridized carbons (Fsp3) is 0.462. The zero-order chi connectivity index (χ0) is 22.8. The molecule has 0 N–H and O–H groups in total. The van der Waals surface area contributed by atoms with Gasteiger partial charge < -0.3 is 9.80 Å². The lowest BCUT2D eigenvalue weighted by Gasteiger charge is -2.36. The predicted molar refractivity (Wildman–Crippen MR) is 128 cm³/mol. The molecule has 0 unspecified atom stereocenters. The molecule has 2 aliphatic heterocycles. The summed E-state index contributed by atoms with van der Waals surface area (Å²) in [6, 6.07) is 12.3. The third-order valence-corrected chi connectivity index (χ3v) is 6.83. The Balaban J connectivity index is 1.47. The van der Waals surface area contributed by atoms with Gasteiger partial charge in [-0.1, -0.05) is 30.3 Å². The third kappa shape index (κ3) is 4.36. The van der Waals surface area contributed by atoms with E-state index in [1.165, 1.54) is 11.1 Å². The molecule has 1 atom stereocenters. The van der Waals surface area contributed by atoms with Gasteiger partial charge in [0.1, 0.15) is 11.5 Å². The van der Waals surface area contributed by atoms with E-state index in [1.54, 1.807) is 4.68 Å². The van der Waals surface area contributed by atoms with Gasteiger partial charge in [0.25, 0.3) is 5.91 Å². The van der Waals surface area contributed by atoms with Crippen LogP contribution in [0.1, 0.15) is 71.8 Å². The van der Waals surface area contributed by atoms with Crippen LogP contribution in [-0.2, 0) is 19.5 Å². The number of aromatic nitrogens is 4. The quantitative estimate of drug-likeness (QED) is 0.586. The van der Waals surface area contributed by atoms with Crippen LogP contribution in [0.2, 0.25) is 0 Å². The van der Waals surface area contributed by atoms with Crippen molar-refractivity contribution >= 4 is 11.7 Å². The molecule has 1 amide bonds. The molecule has 0 spiro atoms. The Morgan fingerprint density at radius 1 is 1.06 bits per heavy atom. The molecule has 33 heavy (non-hydrogen) atoms. The highest BCUT2D eigenvalue weighted by molar-refractivity contribution is 5.92. The molecule has 0 aliphatic carbocycles. The maximum Gasteiger partial charge on any atom is 0.274 e. The van der Waals surface area contributed by atoms with E-state index in [2.05, 4.69) is 47.3 Å². The molecule has 172 valence electrons. The Labute approximate surface area is 195 Å². The summed E-state index contributed by atoms with van der Waals surface area (Å²) < 4.78 is 1.80. The molecule has 0 radical (unpaired) electrons. The Bertz CT molecular complexity index is 1130. The minimum absolute atomic E-state index is 0.0213. The lowest BCUT2D eigenvalue weighted by atomic mass is 9.99. The van der Waals surface area contributed by atoms with E-state index < -0.39 is 0 Å². The molecule has 0 bridgehead atoms. The Morgan fingerprint density at radius 2 is 1.91 bits per heavy atom. The summed E-state index contributed by atoms with van der Waals surface area (Å²) in [5.41, 5.74) is 4.07. The third-order valence-electron chi connectivity index (χ3n) is 6.83. The Kier molecular flexibility index (Phi) is 6.11. The van der Waals surface area contributed by atoms with Crippen molar-refractivity contribution in [1.82, 2.24) is 24.6 Å². The highest BCUT2D eigenvalue weighted by atomic mass is 16.2. The van der Waals surface area contributed by atoms with Crippen LogP contribution in [0.3, 0.4) is 0 Å². The Morgan fingerprint density at radius 3 is 2.70 bits per heavy atom. The zero-order valence-electron chi connectivity index (χ0n) is 19.6. The Hall–Kier alpha value is -3.22. The van der Waals surface area contributed by atoms with Crippen LogP contribution in [-0.4, -0.2) is 43.6 Å². The summed E-state index contributed by atoms with van der Waals surface area (Å²) >= 11 is 0. The predicted octanol–water partition coefficient (Wildman–Crippen LogP) is 4.32. The molecule has 2 aromatic heterocycles. The number of rotatable bonds is 5. The molecule has 4 heterocycles. The van der Waals surface area contributed by atoms with Crippen molar-refractivity contribution in [3.05, 3.63) is 70.9 Å². The van der Waals surface area contributed by atoms with Crippen LogP contribution >= 0.6 is 0 Å². The maximum absolute atomic E-state index is 13.4. The second-order valence-electron chi connectivity index (χ2n) is 9.05. The van der Waals surface area contributed by atoms with Crippen LogP contribution in [0.25, 0.3) is 0 Å². The number of anilines is 1. The van der Waals surface area contributed by atoms with E-state index in [0.717, 1.165) is 75.6 Å². The van der Waals surface area contributed by atoms with Crippen molar-refractivity contribution in [2.24, 2.45) is 0 Å². The van der Waals surface area contributed by atoms with Gasteiger partial charge in [-0.3, -0.25) is 9.48 Å².